The van der Waals surface area contributed by atoms with Gasteiger partial charge in [-0.05, 0) is 33.1 Å². The highest BCUT2D eigenvalue weighted by Crippen LogP contribution is 2.28. The van der Waals surface area contributed by atoms with Gasteiger partial charge in [-0.15, -0.1) is 0 Å². The molecule has 0 fully saturated rings. The summed E-state index contributed by atoms with van der Waals surface area (Å²) in [5.74, 6) is 0.808. The molecule has 0 unspecified atom stereocenters. The zero-order chi connectivity index (χ0) is 21.7. The van der Waals surface area contributed by atoms with Crippen molar-refractivity contribution in [1.29, 1.82) is 0 Å². The molecule has 0 radical (unpaired) electrons. The van der Waals surface area contributed by atoms with E-state index in [4.69, 9.17) is 5.10 Å². The Morgan fingerprint density at radius 2 is 1.79 bits per heavy atom. The predicted molar refractivity (Wildman–Crippen MR) is 115 cm³/mol. The highest BCUT2D eigenvalue weighted by atomic mass is 16.2. The second-order valence-electron chi connectivity index (χ2n) is 10.1. The van der Waals surface area contributed by atoms with Crippen LogP contribution >= 0.6 is 0 Å². The minimum Gasteiger partial charge on any atom is -0.333 e. The van der Waals surface area contributed by atoms with Crippen LogP contribution in [-0.2, 0) is 20.5 Å². The summed E-state index contributed by atoms with van der Waals surface area (Å²) in [5, 5.41) is 7.72. The van der Waals surface area contributed by atoms with Crippen LogP contribution in [0.25, 0.3) is 0 Å². The second-order valence-corrected chi connectivity index (χ2v) is 10.1. The average Bonchev–Trinajstić information content (AvgIpc) is 2.94. The van der Waals surface area contributed by atoms with Gasteiger partial charge in [0.15, 0.2) is 0 Å². The van der Waals surface area contributed by atoms with Crippen LogP contribution in [-0.4, -0.2) is 39.6 Å². The molecule has 160 valence electrons. The van der Waals surface area contributed by atoms with E-state index in [9.17, 15) is 9.59 Å². The molecule has 2 amide bonds. The molecule has 0 aliphatic rings. The molecule has 1 aromatic heterocycles. The van der Waals surface area contributed by atoms with Crippen LogP contribution < -0.4 is 5.32 Å². The minimum absolute atomic E-state index is 0.0401. The number of hydrogen-bond donors (Lipinski definition) is 1. The number of carbonyl (C=O) groups is 2. The summed E-state index contributed by atoms with van der Waals surface area (Å²) < 4.78 is 1.86. The number of rotatable bonds is 8. The van der Waals surface area contributed by atoms with Gasteiger partial charge < -0.3 is 10.2 Å². The molecule has 0 aliphatic heterocycles. The van der Waals surface area contributed by atoms with Gasteiger partial charge in [0.05, 0.1) is 17.8 Å². The van der Waals surface area contributed by atoms with Crippen LogP contribution in [0.5, 0.6) is 0 Å². The van der Waals surface area contributed by atoms with Crippen molar-refractivity contribution < 1.29 is 9.59 Å². The highest BCUT2D eigenvalue weighted by Gasteiger charge is 2.26. The molecule has 0 saturated carbocycles. The molecule has 1 heterocycles. The van der Waals surface area contributed by atoms with E-state index in [-0.39, 0.29) is 35.2 Å². The summed E-state index contributed by atoms with van der Waals surface area (Å²) in [6.07, 6.45) is 2.34. The van der Waals surface area contributed by atoms with Gasteiger partial charge in [-0.3, -0.25) is 9.59 Å². The maximum absolute atomic E-state index is 12.8. The van der Waals surface area contributed by atoms with Gasteiger partial charge >= 0.3 is 0 Å². The monoisotopic (exact) mass is 392 g/mol. The van der Waals surface area contributed by atoms with Gasteiger partial charge in [-0.1, -0.05) is 48.0 Å². The predicted octanol–water partition coefficient (Wildman–Crippen LogP) is 4.55. The fourth-order valence-electron chi connectivity index (χ4n) is 2.82. The quantitative estimate of drug-likeness (QED) is 0.706. The van der Waals surface area contributed by atoms with Crippen molar-refractivity contribution in [3.8, 4) is 0 Å². The van der Waals surface area contributed by atoms with Crippen LogP contribution in [0.2, 0.25) is 0 Å². The van der Waals surface area contributed by atoms with E-state index in [0.717, 1.165) is 18.5 Å². The molecule has 1 N–H and O–H groups in total. The van der Waals surface area contributed by atoms with E-state index in [2.05, 4.69) is 53.8 Å². The summed E-state index contributed by atoms with van der Waals surface area (Å²) in [7, 11) is 0. The molecule has 0 bridgehead atoms. The van der Waals surface area contributed by atoms with Gasteiger partial charge in [-0.25, -0.2) is 4.68 Å². The largest absolute Gasteiger partial charge is 0.333 e. The van der Waals surface area contributed by atoms with E-state index >= 15 is 0 Å². The van der Waals surface area contributed by atoms with Crippen LogP contribution in [0, 0.1) is 5.92 Å². The van der Waals surface area contributed by atoms with E-state index in [1.165, 1.54) is 0 Å². The SMILES string of the molecule is CCCCN(CC(=O)Nc1cc(C(C)(C)C)nn1C(C)(C)C)C(=O)CC(C)C. The van der Waals surface area contributed by atoms with E-state index < -0.39 is 0 Å². The first-order valence-electron chi connectivity index (χ1n) is 10.4. The number of aromatic nitrogens is 2. The van der Waals surface area contributed by atoms with Crippen LogP contribution in [0.1, 0.15) is 87.3 Å². The number of amides is 2. The van der Waals surface area contributed by atoms with E-state index in [1.807, 2.05) is 24.6 Å². The zero-order valence-electron chi connectivity index (χ0n) is 19.3. The first-order valence-corrected chi connectivity index (χ1v) is 10.4. The van der Waals surface area contributed by atoms with Crippen LogP contribution in [0.4, 0.5) is 5.82 Å². The number of nitrogens with zero attached hydrogens (tertiary/aromatic N) is 3. The summed E-state index contributed by atoms with van der Waals surface area (Å²) in [6, 6.07) is 1.94. The molecule has 1 aromatic rings. The standard InChI is InChI=1S/C22H40N4O2/c1-10-11-12-25(20(28)13-16(2)3)15-19(27)23-18-14-17(21(4,5)6)24-26(18)22(7,8)9/h14,16H,10-13,15H2,1-9H3,(H,23,27). The van der Waals surface area contributed by atoms with Crippen LogP contribution in [0.3, 0.4) is 0 Å². The molecule has 0 saturated heterocycles. The van der Waals surface area contributed by atoms with Crippen molar-refractivity contribution >= 4 is 17.6 Å². The number of anilines is 1. The first-order chi connectivity index (χ1) is 12.8. The normalized spacial score (nSPS) is 12.4. The summed E-state index contributed by atoms with van der Waals surface area (Å²) in [6.45, 7) is 19.3. The molecule has 0 atom stereocenters. The fraction of sp³-hybridized carbons (Fsp3) is 0.773. The lowest BCUT2D eigenvalue weighted by Crippen LogP contribution is -2.39. The Morgan fingerprint density at radius 1 is 1.18 bits per heavy atom. The Bertz CT molecular complexity index is 663. The average molecular weight is 393 g/mol. The molecule has 0 spiro atoms. The third-order valence-electron chi connectivity index (χ3n) is 4.43. The van der Waals surface area contributed by atoms with E-state index in [1.54, 1.807) is 4.90 Å². The second kappa shape index (κ2) is 9.57. The van der Waals surface area contributed by atoms with Gasteiger partial charge in [0.1, 0.15) is 5.82 Å². The fourth-order valence-corrected chi connectivity index (χ4v) is 2.82. The van der Waals surface area contributed by atoms with Gasteiger partial charge in [0.2, 0.25) is 11.8 Å². The molecule has 28 heavy (non-hydrogen) atoms. The van der Waals surface area contributed by atoms with Gasteiger partial charge in [0.25, 0.3) is 0 Å². The third kappa shape index (κ3) is 7.28. The van der Waals surface area contributed by atoms with Crippen molar-refractivity contribution in [2.24, 2.45) is 5.92 Å². The lowest BCUT2D eigenvalue weighted by atomic mass is 9.92. The highest BCUT2D eigenvalue weighted by molar-refractivity contribution is 5.94. The minimum atomic E-state index is -0.262. The smallest absolute Gasteiger partial charge is 0.245 e. The van der Waals surface area contributed by atoms with Crippen molar-refractivity contribution in [3.63, 3.8) is 0 Å². The summed E-state index contributed by atoms with van der Waals surface area (Å²) >= 11 is 0. The third-order valence-corrected chi connectivity index (χ3v) is 4.43. The van der Waals surface area contributed by atoms with Crippen molar-refractivity contribution in [1.82, 2.24) is 14.7 Å². The Morgan fingerprint density at radius 3 is 2.25 bits per heavy atom. The lowest BCUT2D eigenvalue weighted by Gasteiger charge is -2.25. The lowest BCUT2D eigenvalue weighted by molar-refractivity contribution is -0.135. The number of nitrogens with one attached hydrogen (secondary N) is 1. The van der Waals surface area contributed by atoms with Crippen molar-refractivity contribution in [2.45, 2.75) is 92.5 Å². The molecular formula is C22H40N4O2. The van der Waals surface area contributed by atoms with E-state index in [0.29, 0.717) is 18.8 Å². The van der Waals surface area contributed by atoms with Crippen molar-refractivity contribution in [3.05, 3.63) is 11.8 Å². The Labute approximate surface area is 171 Å². The molecule has 0 aromatic carbocycles. The Balaban J connectivity index is 3.00. The van der Waals surface area contributed by atoms with Gasteiger partial charge in [-0.2, -0.15) is 5.10 Å². The topological polar surface area (TPSA) is 67.2 Å². The zero-order valence-corrected chi connectivity index (χ0v) is 19.3. The Kier molecular flexibility index (Phi) is 8.27. The van der Waals surface area contributed by atoms with Crippen LogP contribution in [0.15, 0.2) is 6.07 Å². The molecule has 1 rings (SSSR count). The Hall–Kier alpha value is -1.85. The maximum Gasteiger partial charge on any atom is 0.245 e. The molecule has 6 heteroatoms. The first kappa shape index (κ1) is 24.2. The summed E-state index contributed by atoms with van der Waals surface area (Å²) in [5.41, 5.74) is 0.550. The molecular weight excluding hydrogens is 352 g/mol. The number of hydrogen-bond acceptors (Lipinski definition) is 3. The summed E-state index contributed by atoms with van der Waals surface area (Å²) in [4.78, 5) is 27.0. The van der Waals surface area contributed by atoms with Crippen molar-refractivity contribution in [2.75, 3.05) is 18.4 Å². The number of carbonyl (C=O) groups excluding carboxylic acids is 2. The number of unbranched alkanes of at least 4 members (excludes halogenated alkanes) is 1. The van der Waals surface area contributed by atoms with Gasteiger partial charge in [0, 0.05) is 24.4 Å². The molecule has 0 aliphatic carbocycles. The molecule has 6 nitrogen and oxygen atoms in total. The maximum atomic E-state index is 12.8.